The molecule has 0 amide bonds. The first-order valence-electron chi connectivity index (χ1n) is 7.56. The van der Waals surface area contributed by atoms with Gasteiger partial charge in [0.15, 0.2) is 0 Å². The molecule has 1 saturated heterocycles. The Balaban J connectivity index is 2.18. The molecule has 1 aromatic rings. The largest absolute Gasteiger partial charge is 0.369 e. The number of benzene rings is 1. The Morgan fingerprint density at radius 2 is 2.10 bits per heavy atom. The average molecular weight is 292 g/mol. The van der Waals surface area contributed by atoms with Crippen molar-refractivity contribution in [1.29, 1.82) is 0 Å². The van der Waals surface area contributed by atoms with Crippen LogP contribution in [0.1, 0.15) is 38.8 Å². The topological polar surface area (TPSA) is 15.3 Å². The molecule has 1 aliphatic rings. The van der Waals surface area contributed by atoms with Crippen LogP contribution in [0.15, 0.2) is 18.2 Å². The van der Waals surface area contributed by atoms with Gasteiger partial charge < -0.3 is 10.2 Å². The standard InChI is InChI=1S/C17H28N2S/c1-13-6-7-16(19-8-9-20-14(2)12-19)15(10-13)11-18-17(3,4)5/h6-7,10,14,18H,8-9,11-12H2,1-5H3. The lowest BCUT2D eigenvalue weighted by Gasteiger charge is -2.34. The quantitative estimate of drug-likeness (QED) is 0.911. The van der Waals surface area contributed by atoms with E-state index >= 15 is 0 Å². The van der Waals surface area contributed by atoms with E-state index in [9.17, 15) is 0 Å². The predicted molar refractivity (Wildman–Crippen MR) is 91.9 cm³/mol. The second-order valence-electron chi connectivity index (χ2n) is 6.86. The first-order chi connectivity index (χ1) is 9.35. The van der Waals surface area contributed by atoms with Crippen LogP contribution >= 0.6 is 11.8 Å². The molecule has 1 fully saturated rings. The van der Waals surface area contributed by atoms with Crippen molar-refractivity contribution in [3.8, 4) is 0 Å². The minimum atomic E-state index is 0.159. The summed E-state index contributed by atoms with van der Waals surface area (Å²) < 4.78 is 0. The van der Waals surface area contributed by atoms with Crippen LogP contribution in [-0.2, 0) is 6.54 Å². The van der Waals surface area contributed by atoms with E-state index in [2.05, 4.69) is 74.8 Å². The third-order valence-corrected chi connectivity index (χ3v) is 4.76. The van der Waals surface area contributed by atoms with Gasteiger partial charge in [-0.25, -0.2) is 0 Å². The van der Waals surface area contributed by atoms with E-state index in [0.717, 1.165) is 18.3 Å². The van der Waals surface area contributed by atoms with Crippen molar-refractivity contribution >= 4 is 17.4 Å². The molecule has 1 unspecified atom stereocenters. The van der Waals surface area contributed by atoms with Crippen molar-refractivity contribution in [2.45, 2.75) is 52.0 Å². The average Bonchev–Trinajstić information content (AvgIpc) is 2.35. The minimum Gasteiger partial charge on any atom is -0.369 e. The molecule has 0 aromatic heterocycles. The van der Waals surface area contributed by atoms with E-state index in [4.69, 9.17) is 0 Å². The fourth-order valence-electron chi connectivity index (χ4n) is 2.56. The highest BCUT2D eigenvalue weighted by Crippen LogP contribution is 2.28. The molecular weight excluding hydrogens is 264 g/mol. The Labute approximate surface area is 128 Å². The number of rotatable bonds is 3. The van der Waals surface area contributed by atoms with E-state index in [1.54, 1.807) is 0 Å². The minimum absolute atomic E-state index is 0.159. The lowest BCUT2D eigenvalue weighted by molar-refractivity contribution is 0.424. The molecule has 3 heteroatoms. The van der Waals surface area contributed by atoms with Crippen molar-refractivity contribution in [3.63, 3.8) is 0 Å². The Morgan fingerprint density at radius 1 is 1.35 bits per heavy atom. The van der Waals surface area contributed by atoms with Gasteiger partial charge in [-0.1, -0.05) is 24.6 Å². The second-order valence-corrected chi connectivity index (χ2v) is 8.41. The highest BCUT2D eigenvalue weighted by Gasteiger charge is 2.20. The first kappa shape index (κ1) is 15.7. The highest BCUT2D eigenvalue weighted by molar-refractivity contribution is 8.00. The summed E-state index contributed by atoms with van der Waals surface area (Å²) in [6, 6.07) is 6.88. The van der Waals surface area contributed by atoms with Crippen molar-refractivity contribution in [2.75, 3.05) is 23.7 Å². The molecule has 0 saturated carbocycles. The maximum atomic E-state index is 3.62. The van der Waals surface area contributed by atoms with Crippen LogP contribution < -0.4 is 10.2 Å². The molecule has 1 N–H and O–H groups in total. The molecule has 1 heterocycles. The molecule has 0 aliphatic carbocycles. The molecule has 112 valence electrons. The number of hydrogen-bond donors (Lipinski definition) is 1. The fraction of sp³-hybridized carbons (Fsp3) is 0.647. The van der Waals surface area contributed by atoms with E-state index in [-0.39, 0.29) is 5.54 Å². The maximum absolute atomic E-state index is 3.62. The van der Waals surface area contributed by atoms with Gasteiger partial charge in [0.25, 0.3) is 0 Å². The van der Waals surface area contributed by atoms with Crippen LogP contribution in [0.5, 0.6) is 0 Å². The summed E-state index contributed by atoms with van der Waals surface area (Å²) in [6.07, 6.45) is 0. The molecule has 1 atom stereocenters. The van der Waals surface area contributed by atoms with E-state index in [0.29, 0.717) is 0 Å². The SMILES string of the molecule is Cc1ccc(N2CCSC(C)C2)c(CNC(C)(C)C)c1. The van der Waals surface area contributed by atoms with Gasteiger partial charge >= 0.3 is 0 Å². The van der Waals surface area contributed by atoms with Crippen molar-refractivity contribution in [3.05, 3.63) is 29.3 Å². The number of aryl methyl sites for hydroxylation is 1. The fourth-order valence-corrected chi connectivity index (χ4v) is 3.58. The van der Waals surface area contributed by atoms with Gasteiger partial charge in [0, 0.05) is 41.9 Å². The van der Waals surface area contributed by atoms with Crippen LogP contribution in [0.3, 0.4) is 0 Å². The van der Waals surface area contributed by atoms with E-state index in [1.807, 2.05) is 0 Å². The Hall–Kier alpha value is -0.670. The molecule has 2 nitrogen and oxygen atoms in total. The lowest BCUT2D eigenvalue weighted by Crippen LogP contribution is -2.39. The first-order valence-corrected chi connectivity index (χ1v) is 8.61. The Bertz CT molecular complexity index is 451. The molecule has 0 radical (unpaired) electrons. The zero-order chi connectivity index (χ0) is 14.8. The van der Waals surface area contributed by atoms with Crippen molar-refractivity contribution in [1.82, 2.24) is 5.32 Å². The molecule has 0 spiro atoms. The monoisotopic (exact) mass is 292 g/mol. The summed E-state index contributed by atoms with van der Waals surface area (Å²) in [4.78, 5) is 2.56. The van der Waals surface area contributed by atoms with Crippen molar-refractivity contribution < 1.29 is 0 Å². The zero-order valence-electron chi connectivity index (χ0n) is 13.5. The smallest absolute Gasteiger partial charge is 0.0412 e. The third kappa shape index (κ3) is 4.42. The summed E-state index contributed by atoms with van der Waals surface area (Å²) in [5, 5.41) is 4.35. The lowest BCUT2D eigenvalue weighted by atomic mass is 10.0. The van der Waals surface area contributed by atoms with Crippen LogP contribution in [0, 0.1) is 6.92 Å². The molecule has 0 bridgehead atoms. The number of nitrogens with zero attached hydrogens (tertiary/aromatic N) is 1. The molecule has 20 heavy (non-hydrogen) atoms. The van der Waals surface area contributed by atoms with Gasteiger partial charge in [-0.2, -0.15) is 11.8 Å². The van der Waals surface area contributed by atoms with Gasteiger partial charge in [0.1, 0.15) is 0 Å². The molecule has 1 aliphatic heterocycles. The van der Waals surface area contributed by atoms with Crippen LogP contribution in [0.4, 0.5) is 5.69 Å². The summed E-state index contributed by atoms with van der Waals surface area (Å²) >= 11 is 2.09. The number of hydrogen-bond acceptors (Lipinski definition) is 3. The van der Waals surface area contributed by atoms with Gasteiger partial charge in [-0.3, -0.25) is 0 Å². The van der Waals surface area contributed by atoms with Crippen LogP contribution in [-0.4, -0.2) is 29.6 Å². The number of nitrogens with one attached hydrogen (secondary N) is 1. The zero-order valence-corrected chi connectivity index (χ0v) is 14.3. The molecule has 2 rings (SSSR count). The van der Waals surface area contributed by atoms with E-state index < -0.39 is 0 Å². The summed E-state index contributed by atoms with van der Waals surface area (Å²) in [6.45, 7) is 14.5. The third-order valence-electron chi connectivity index (χ3n) is 3.63. The van der Waals surface area contributed by atoms with Gasteiger partial charge in [-0.05, 0) is 39.3 Å². The number of anilines is 1. The number of thioether (sulfide) groups is 1. The second kappa shape index (κ2) is 6.40. The maximum Gasteiger partial charge on any atom is 0.0412 e. The highest BCUT2D eigenvalue weighted by atomic mass is 32.2. The van der Waals surface area contributed by atoms with Gasteiger partial charge in [0.05, 0.1) is 0 Å². The van der Waals surface area contributed by atoms with Crippen LogP contribution in [0.25, 0.3) is 0 Å². The Kier molecular flexibility index (Phi) is 5.03. The summed E-state index contributed by atoms with van der Waals surface area (Å²) in [5.41, 5.74) is 4.35. The van der Waals surface area contributed by atoms with Crippen molar-refractivity contribution in [2.24, 2.45) is 0 Å². The normalized spacial score (nSPS) is 20.2. The predicted octanol–water partition coefficient (Wildman–Crippen LogP) is 3.82. The van der Waals surface area contributed by atoms with Gasteiger partial charge in [0.2, 0.25) is 0 Å². The van der Waals surface area contributed by atoms with E-state index in [1.165, 1.54) is 29.1 Å². The van der Waals surface area contributed by atoms with Gasteiger partial charge in [-0.15, -0.1) is 0 Å². The van der Waals surface area contributed by atoms with Crippen LogP contribution in [0.2, 0.25) is 0 Å². The Morgan fingerprint density at radius 3 is 2.75 bits per heavy atom. The molecular formula is C17H28N2S. The summed E-state index contributed by atoms with van der Waals surface area (Å²) in [5.74, 6) is 1.24. The summed E-state index contributed by atoms with van der Waals surface area (Å²) in [7, 11) is 0. The molecule has 1 aromatic carbocycles.